The van der Waals surface area contributed by atoms with Gasteiger partial charge < -0.3 is 18.9 Å². The van der Waals surface area contributed by atoms with Gasteiger partial charge in [0.1, 0.15) is 17.1 Å². The number of imide groups is 2. The molecule has 0 radical (unpaired) electrons. The summed E-state index contributed by atoms with van der Waals surface area (Å²) in [4.78, 5) is 39.3. The number of methoxy groups -OCH3 is 3. The minimum absolute atomic E-state index is 0.0593. The summed E-state index contributed by atoms with van der Waals surface area (Å²) < 4.78 is 22.2. The number of rotatable bonds is 7. The van der Waals surface area contributed by atoms with Crippen LogP contribution in [0.5, 0.6) is 23.0 Å². The zero-order valence-corrected chi connectivity index (χ0v) is 21.4. The molecule has 4 amide bonds. The smallest absolute Gasteiger partial charge is 0.336 e. The zero-order chi connectivity index (χ0) is 25.2. The van der Waals surface area contributed by atoms with Crippen molar-refractivity contribution in [1.29, 1.82) is 0 Å². The van der Waals surface area contributed by atoms with Gasteiger partial charge in [-0.15, -0.1) is 0 Å². The molecule has 180 valence electrons. The van der Waals surface area contributed by atoms with Gasteiger partial charge in [-0.3, -0.25) is 14.9 Å². The highest BCUT2D eigenvalue weighted by Crippen LogP contribution is 2.40. The van der Waals surface area contributed by atoms with Crippen LogP contribution < -0.4 is 29.2 Å². The van der Waals surface area contributed by atoms with Crippen molar-refractivity contribution < 1.29 is 33.3 Å². The SMILES string of the molecule is COc1cc(N2C(=O)NC(=O)/C(=C\c3cc(Br)c(OC(C)C)c(OC)c3)C2=O)c(OC)cc1Cl. The van der Waals surface area contributed by atoms with E-state index in [9.17, 15) is 14.4 Å². The van der Waals surface area contributed by atoms with Crippen LogP contribution in [0.1, 0.15) is 19.4 Å². The summed E-state index contributed by atoms with van der Waals surface area (Å²) in [7, 11) is 4.23. The van der Waals surface area contributed by atoms with Crippen LogP contribution in [0.15, 0.2) is 34.3 Å². The summed E-state index contributed by atoms with van der Waals surface area (Å²) >= 11 is 9.57. The minimum atomic E-state index is -0.936. The summed E-state index contributed by atoms with van der Waals surface area (Å²) in [6.45, 7) is 3.75. The topological polar surface area (TPSA) is 103 Å². The van der Waals surface area contributed by atoms with Gasteiger partial charge in [0, 0.05) is 12.1 Å². The third kappa shape index (κ3) is 4.97. The second-order valence-electron chi connectivity index (χ2n) is 7.32. The zero-order valence-electron chi connectivity index (χ0n) is 19.0. The van der Waals surface area contributed by atoms with Crippen LogP contribution in [0.2, 0.25) is 5.02 Å². The first-order valence-electron chi connectivity index (χ1n) is 9.98. The highest BCUT2D eigenvalue weighted by atomic mass is 79.9. The molecule has 1 aliphatic rings. The third-order valence-corrected chi connectivity index (χ3v) is 5.60. The molecule has 2 aromatic carbocycles. The van der Waals surface area contributed by atoms with Gasteiger partial charge in [-0.1, -0.05) is 11.6 Å². The molecule has 0 atom stereocenters. The highest BCUT2D eigenvalue weighted by Gasteiger charge is 2.38. The Bertz CT molecular complexity index is 1200. The molecule has 34 heavy (non-hydrogen) atoms. The minimum Gasteiger partial charge on any atom is -0.495 e. The van der Waals surface area contributed by atoms with E-state index in [1.165, 1.54) is 39.5 Å². The molecule has 0 spiro atoms. The molecule has 11 heteroatoms. The number of nitrogens with zero attached hydrogens (tertiary/aromatic N) is 1. The van der Waals surface area contributed by atoms with E-state index in [2.05, 4.69) is 21.2 Å². The average molecular weight is 554 g/mol. The maximum absolute atomic E-state index is 13.3. The molecule has 1 saturated heterocycles. The summed E-state index contributed by atoms with van der Waals surface area (Å²) in [5, 5.41) is 2.40. The van der Waals surface area contributed by atoms with Crippen molar-refractivity contribution in [3.05, 3.63) is 44.9 Å². The lowest BCUT2D eigenvalue weighted by molar-refractivity contribution is -0.122. The van der Waals surface area contributed by atoms with Crippen LogP contribution in [0.3, 0.4) is 0 Å². The molecule has 0 aromatic heterocycles. The number of hydrogen-bond acceptors (Lipinski definition) is 7. The summed E-state index contributed by atoms with van der Waals surface area (Å²) in [6.07, 6.45) is 1.24. The normalized spacial score (nSPS) is 15.0. The lowest BCUT2D eigenvalue weighted by Crippen LogP contribution is -2.54. The fraction of sp³-hybridized carbons (Fsp3) is 0.261. The maximum Gasteiger partial charge on any atom is 0.336 e. The first-order valence-corrected chi connectivity index (χ1v) is 11.2. The molecule has 1 aliphatic heterocycles. The number of benzene rings is 2. The van der Waals surface area contributed by atoms with Crippen molar-refractivity contribution in [2.24, 2.45) is 0 Å². The number of nitrogens with one attached hydrogen (secondary N) is 1. The lowest BCUT2D eigenvalue weighted by atomic mass is 10.1. The first-order chi connectivity index (χ1) is 16.1. The molecular formula is C23H22BrClN2O7. The van der Waals surface area contributed by atoms with E-state index in [0.29, 0.717) is 21.5 Å². The van der Waals surface area contributed by atoms with Gasteiger partial charge in [0.05, 0.1) is 42.6 Å². The number of carbonyl (C=O) groups excluding carboxylic acids is 3. The summed E-state index contributed by atoms with van der Waals surface area (Å²) in [5.74, 6) is -0.459. The van der Waals surface area contributed by atoms with E-state index < -0.39 is 17.8 Å². The van der Waals surface area contributed by atoms with Crippen LogP contribution >= 0.6 is 27.5 Å². The predicted octanol–water partition coefficient (Wildman–Crippen LogP) is 4.58. The largest absolute Gasteiger partial charge is 0.495 e. The van der Waals surface area contributed by atoms with Crippen molar-refractivity contribution >= 4 is 57.1 Å². The fourth-order valence-corrected chi connectivity index (χ4v) is 4.02. The van der Waals surface area contributed by atoms with Crippen LogP contribution in [-0.2, 0) is 9.59 Å². The molecular weight excluding hydrogens is 532 g/mol. The molecule has 0 aliphatic carbocycles. The maximum atomic E-state index is 13.3. The van der Waals surface area contributed by atoms with Gasteiger partial charge in [-0.05, 0) is 53.5 Å². The number of anilines is 1. The van der Waals surface area contributed by atoms with Crippen molar-refractivity contribution in [2.45, 2.75) is 20.0 Å². The second-order valence-corrected chi connectivity index (χ2v) is 8.58. The Kier molecular flexibility index (Phi) is 7.73. The predicted molar refractivity (Wildman–Crippen MR) is 130 cm³/mol. The van der Waals surface area contributed by atoms with Gasteiger partial charge in [-0.2, -0.15) is 0 Å². The molecule has 2 aromatic rings. The molecule has 1 heterocycles. The summed E-state index contributed by atoms with van der Waals surface area (Å²) in [5.41, 5.74) is 0.249. The third-order valence-electron chi connectivity index (χ3n) is 4.71. The van der Waals surface area contributed by atoms with E-state index in [-0.39, 0.29) is 33.9 Å². The molecule has 1 N–H and O–H groups in total. The number of hydrogen-bond donors (Lipinski definition) is 1. The van der Waals surface area contributed by atoms with Crippen molar-refractivity contribution in [1.82, 2.24) is 5.32 Å². The number of urea groups is 1. The second kappa shape index (κ2) is 10.4. The lowest BCUT2D eigenvalue weighted by Gasteiger charge is -2.28. The van der Waals surface area contributed by atoms with Gasteiger partial charge in [0.2, 0.25) is 0 Å². The Labute approximate surface area is 209 Å². The summed E-state index contributed by atoms with van der Waals surface area (Å²) in [6, 6.07) is 5.13. The first kappa shape index (κ1) is 25.4. The van der Waals surface area contributed by atoms with Gasteiger partial charge in [0.25, 0.3) is 11.8 Å². The molecule has 9 nitrogen and oxygen atoms in total. The number of amides is 4. The average Bonchev–Trinajstić information content (AvgIpc) is 2.78. The fourth-order valence-electron chi connectivity index (χ4n) is 3.24. The van der Waals surface area contributed by atoms with E-state index in [0.717, 1.165) is 4.90 Å². The Morgan fingerprint density at radius 3 is 2.21 bits per heavy atom. The highest BCUT2D eigenvalue weighted by molar-refractivity contribution is 9.10. The number of carbonyl (C=O) groups is 3. The van der Waals surface area contributed by atoms with E-state index in [1.54, 1.807) is 12.1 Å². The number of halogens is 2. The molecule has 3 rings (SSSR count). The Morgan fingerprint density at radius 1 is 0.971 bits per heavy atom. The van der Waals surface area contributed by atoms with Crippen LogP contribution in [-0.4, -0.2) is 45.3 Å². The van der Waals surface area contributed by atoms with Crippen molar-refractivity contribution in [2.75, 3.05) is 26.2 Å². The monoisotopic (exact) mass is 552 g/mol. The van der Waals surface area contributed by atoms with Gasteiger partial charge >= 0.3 is 6.03 Å². The van der Waals surface area contributed by atoms with Crippen LogP contribution in [0.4, 0.5) is 10.5 Å². The number of barbiturate groups is 1. The van der Waals surface area contributed by atoms with Crippen molar-refractivity contribution in [3.8, 4) is 23.0 Å². The van der Waals surface area contributed by atoms with Crippen LogP contribution in [0.25, 0.3) is 6.08 Å². The standard InChI is InChI=1S/C23H22BrClN2O7/c1-11(2)34-20-14(24)7-12(8-19(20)33-5)6-13-21(28)26-23(30)27(22(13)29)16-10-17(31-3)15(25)9-18(16)32-4/h6-11H,1-5H3,(H,26,28,30)/b13-6+. The van der Waals surface area contributed by atoms with Gasteiger partial charge in [0.15, 0.2) is 11.5 Å². The Morgan fingerprint density at radius 2 is 1.62 bits per heavy atom. The molecule has 0 saturated carbocycles. The Hall–Kier alpha value is -3.24. The molecule has 0 bridgehead atoms. The molecule has 1 fully saturated rings. The van der Waals surface area contributed by atoms with Crippen LogP contribution in [0, 0.1) is 0 Å². The van der Waals surface area contributed by atoms with Gasteiger partial charge in [-0.25, -0.2) is 9.69 Å². The quantitative estimate of drug-likeness (QED) is 0.395. The van der Waals surface area contributed by atoms with E-state index in [1.807, 2.05) is 13.8 Å². The van der Waals surface area contributed by atoms with Crippen molar-refractivity contribution in [3.63, 3.8) is 0 Å². The Balaban J connectivity index is 2.10. The molecule has 0 unspecified atom stereocenters. The number of ether oxygens (including phenoxy) is 4. The van der Waals surface area contributed by atoms with E-state index >= 15 is 0 Å². The van der Waals surface area contributed by atoms with E-state index in [4.69, 9.17) is 30.5 Å².